The molecule has 0 fully saturated rings. The lowest BCUT2D eigenvalue weighted by molar-refractivity contribution is 0.731. The predicted octanol–water partition coefficient (Wildman–Crippen LogP) is 6.49. The smallest absolute Gasteiger partial charge is 0.192 e. The minimum Gasteiger partial charge on any atom is -0.298 e. The Kier molecular flexibility index (Phi) is 6.23. The van der Waals surface area contributed by atoms with Crippen molar-refractivity contribution in [1.29, 1.82) is 0 Å². The van der Waals surface area contributed by atoms with Gasteiger partial charge in [-0.2, -0.15) is 0 Å². The SMILES string of the molecule is C=CCn1c(SCc2ccc(Br)cc2)nnc1-c1ccc(Cl)c(Cl)c1. The van der Waals surface area contributed by atoms with E-state index in [1.165, 1.54) is 5.56 Å². The number of benzene rings is 2. The molecule has 0 radical (unpaired) electrons. The number of hydrogen-bond acceptors (Lipinski definition) is 3. The lowest BCUT2D eigenvalue weighted by Gasteiger charge is -2.08. The molecule has 0 unspecified atom stereocenters. The molecule has 2 aromatic carbocycles. The van der Waals surface area contributed by atoms with Gasteiger partial charge in [-0.25, -0.2) is 0 Å². The van der Waals surface area contributed by atoms with Gasteiger partial charge >= 0.3 is 0 Å². The van der Waals surface area contributed by atoms with Gasteiger partial charge in [-0.05, 0) is 35.9 Å². The van der Waals surface area contributed by atoms with Gasteiger partial charge in [-0.3, -0.25) is 4.57 Å². The van der Waals surface area contributed by atoms with Gasteiger partial charge in [0.1, 0.15) is 0 Å². The van der Waals surface area contributed by atoms with Crippen LogP contribution >= 0.6 is 50.9 Å². The molecule has 0 bridgehead atoms. The van der Waals surface area contributed by atoms with E-state index in [9.17, 15) is 0 Å². The summed E-state index contributed by atoms with van der Waals surface area (Å²) in [4.78, 5) is 0. The molecule has 0 saturated carbocycles. The molecule has 1 heterocycles. The number of hydrogen-bond donors (Lipinski definition) is 0. The van der Waals surface area contributed by atoms with Crippen LogP contribution in [0.1, 0.15) is 5.56 Å². The van der Waals surface area contributed by atoms with Gasteiger partial charge in [0.25, 0.3) is 0 Å². The van der Waals surface area contributed by atoms with Crippen LogP contribution in [0.25, 0.3) is 11.4 Å². The fourth-order valence-corrected chi connectivity index (χ4v) is 3.73. The molecule has 1 aromatic heterocycles. The fraction of sp³-hybridized carbons (Fsp3) is 0.111. The lowest BCUT2D eigenvalue weighted by atomic mass is 10.2. The van der Waals surface area contributed by atoms with Crippen molar-refractivity contribution in [2.45, 2.75) is 17.5 Å². The van der Waals surface area contributed by atoms with Crippen LogP contribution in [0.2, 0.25) is 10.0 Å². The molecule has 0 saturated heterocycles. The molecule has 0 aliphatic rings. The molecular weight excluding hydrogens is 441 g/mol. The van der Waals surface area contributed by atoms with E-state index < -0.39 is 0 Å². The summed E-state index contributed by atoms with van der Waals surface area (Å²) in [7, 11) is 0. The van der Waals surface area contributed by atoms with E-state index in [1.54, 1.807) is 23.9 Å². The number of rotatable bonds is 6. The average molecular weight is 455 g/mol. The Morgan fingerprint density at radius 1 is 1.08 bits per heavy atom. The maximum atomic E-state index is 6.14. The van der Waals surface area contributed by atoms with Crippen LogP contribution in [0.4, 0.5) is 0 Å². The van der Waals surface area contributed by atoms with Crippen LogP contribution in [-0.4, -0.2) is 14.8 Å². The third-order valence-electron chi connectivity index (χ3n) is 3.49. The van der Waals surface area contributed by atoms with E-state index in [4.69, 9.17) is 23.2 Å². The summed E-state index contributed by atoms with van der Waals surface area (Å²) >= 11 is 17.2. The Balaban J connectivity index is 1.87. The summed E-state index contributed by atoms with van der Waals surface area (Å²) in [5.74, 6) is 1.56. The zero-order chi connectivity index (χ0) is 17.8. The highest BCUT2D eigenvalue weighted by atomic mass is 79.9. The first-order valence-corrected chi connectivity index (χ1v) is 9.98. The van der Waals surface area contributed by atoms with Crippen LogP contribution in [0.3, 0.4) is 0 Å². The van der Waals surface area contributed by atoms with E-state index in [1.807, 2.05) is 28.8 Å². The minimum atomic E-state index is 0.497. The van der Waals surface area contributed by atoms with Crippen molar-refractivity contribution >= 4 is 50.9 Å². The molecule has 0 atom stereocenters. The monoisotopic (exact) mass is 453 g/mol. The second kappa shape index (κ2) is 8.41. The Bertz CT molecular complexity index is 894. The molecule has 128 valence electrons. The number of allylic oxidation sites excluding steroid dienone is 1. The standard InChI is InChI=1S/C18H14BrCl2N3S/c1-2-9-24-17(13-5-8-15(20)16(21)10-13)22-23-18(24)25-11-12-3-6-14(19)7-4-12/h2-8,10H,1,9,11H2. The van der Waals surface area contributed by atoms with Gasteiger partial charge in [0.2, 0.25) is 0 Å². The van der Waals surface area contributed by atoms with Gasteiger partial charge in [0.05, 0.1) is 10.0 Å². The van der Waals surface area contributed by atoms with Crippen molar-refractivity contribution in [1.82, 2.24) is 14.8 Å². The first kappa shape index (κ1) is 18.5. The summed E-state index contributed by atoms with van der Waals surface area (Å²) in [5.41, 5.74) is 2.09. The summed E-state index contributed by atoms with van der Waals surface area (Å²) in [5, 5.41) is 10.5. The van der Waals surface area contributed by atoms with Crippen molar-refractivity contribution in [2.24, 2.45) is 0 Å². The van der Waals surface area contributed by atoms with Crippen molar-refractivity contribution < 1.29 is 0 Å². The van der Waals surface area contributed by atoms with Crippen molar-refractivity contribution in [2.75, 3.05) is 0 Å². The first-order valence-electron chi connectivity index (χ1n) is 7.45. The predicted molar refractivity (Wildman–Crippen MR) is 109 cm³/mol. The van der Waals surface area contributed by atoms with Crippen molar-refractivity contribution in [3.63, 3.8) is 0 Å². The number of halogens is 3. The molecule has 3 rings (SSSR count). The zero-order valence-electron chi connectivity index (χ0n) is 13.1. The third kappa shape index (κ3) is 4.47. The topological polar surface area (TPSA) is 30.7 Å². The number of thioether (sulfide) groups is 1. The maximum Gasteiger partial charge on any atom is 0.192 e. The summed E-state index contributed by atoms with van der Waals surface area (Å²) in [6, 6.07) is 13.7. The molecule has 0 N–H and O–H groups in total. The third-order valence-corrected chi connectivity index (χ3v) is 5.79. The highest BCUT2D eigenvalue weighted by molar-refractivity contribution is 9.10. The van der Waals surface area contributed by atoms with Crippen LogP contribution < -0.4 is 0 Å². The number of nitrogens with zero attached hydrogens (tertiary/aromatic N) is 3. The minimum absolute atomic E-state index is 0.497. The van der Waals surface area contributed by atoms with Gasteiger partial charge in [0.15, 0.2) is 11.0 Å². The summed E-state index contributed by atoms with van der Waals surface area (Å²) < 4.78 is 3.09. The van der Waals surface area contributed by atoms with Gasteiger partial charge < -0.3 is 0 Å². The zero-order valence-corrected chi connectivity index (χ0v) is 17.0. The molecule has 0 aliphatic carbocycles. The molecule has 0 spiro atoms. The molecule has 7 heteroatoms. The van der Waals surface area contributed by atoms with E-state index in [0.717, 1.165) is 26.8 Å². The van der Waals surface area contributed by atoms with E-state index in [2.05, 4.69) is 44.8 Å². The Morgan fingerprint density at radius 2 is 1.84 bits per heavy atom. The van der Waals surface area contributed by atoms with E-state index in [0.29, 0.717) is 16.6 Å². The molecule has 3 nitrogen and oxygen atoms in total. The largest absolute Gasteiger partial charge is 0.298 e. The highest BCUT2D eigenvalue weighted by Gasteiger charge is 2.14. The van der Waals surface area contributed by atoms with Gasteiger partial charge in [-0.1, -0.05) is 69.1 Å². The van der Waals surface area contributed by atoms with Gasteiger partial charge in [-0.15, -0.1) is 16.8 Å². The highest BCUT2D eigenvalue weighted by Crippen LogP contribution is 2.30. The maximum absolute atomic E-state index is 6.14. The summed E-state index contributed by atoms with van der Waals surface area (Å²) in [6.07, 6.45) is 1.83. The quantitative estimate of drug-likeness (QED) is 0.315. The molecule has 3 aromatic rings. The Morgan fingerprint density at radius 3 is 2.52 bits per heavy atom. The molecule has 0 amide bonds. The van der Waals surface area contributed by atoms with Gasteiger partial charge in [0, 0.05) is 22.3 Å². The van der Waals surface area contributed by atoms with Crippen LogP contribution in [0, 0.1) is 0 Å². The number of aromatic nitrogens is 3. The molecular formula is C18H14BrCl2N3S. The Labute approximate surface area is 169 Å². The average Bonchev–Trinajstić information content (AvgIpc) is 3.00. The second-order valence-electron chi connectivity index (χ2n) is 5.25. The van der Waals surface area contributed by atoms with E-state index >= 15 is 0 Å². The van der Waals surface area contributed by atoms with Crippen LogP contribution in [0.5, 0.6) is 0 Å². The van der Waals surface area contributed by atoms with Crippen molar-refractivity contribution in [3.05, 3.63) is 75.2 Å². The normalized spacial score (nSPS) is 10.8. The van der Waals surface area contributed by atoms with E-state index in [-0.39, 0.29) is 0 Å². The first-order chi connectivity index (χ1) is 12.1. The van der Waals surface area contributed by atoms with Crippen LogP contribution in [0.15, 0.2) is 64.7 Å². The fourth-order valence-electron chi connectivity index (χ4n) is 2.27. The second-order valence-corrected chi connectivity index (χ2v) is 7.92. The van der Waals surface area contributed by atoms with Crippen LogP contribution in [-0.2, 0) is 12.3 Å². The van der Waals surface area contributed by atoms with Crippen molar-refractivity contribution in [3.8, 4) is 11.4 Å². The summed E-state index contributed by atoms with van der Waals surface area (Å²) in [6.45, 7) is 4.45. The molecule has 0 aliphatic heterocycles. The lowest BCUT2D eigenvalue weighted by Crippen LogP contribution is -2.00. The molecule has 25 heavy (non-hydrogen) atoms. The Hall–Kier alpha value is -1.27.